The standard InChI is InChI=1S/C26H24Br2O2/c27-15-5-17-29-23-13-11-19-7-1-3-9-21(19)25(23)26-22-10-4-2-8-20(22)12-14-24(26)30-18-6-16-28/h1-4,7-14H,5-6,15-18H2. The van der Waals surface area contributed by atoms with Crippen LogP contribution < -0.4 is 9.47 Å². The van der Waals surface area contributed by atoms with Crippen LogP contribution in [0.4, 0.5) is 0 Å². The third-order valence-corrected chi connectivity index (χ3v) is 6.22. The lowest BCUT2D eigenvalue weighted by Crippen LogP contribution is -2.03. The monoisotopic (exact) mass is 526 g/mol. The van der Waals surface area contributed by atoms with Crippen LogP contribution in [-0.2, 0) is 0 Å². The molecule has 0 N–H and O–H groups in total. The molecular weight excluding hydrogens is 504 g/mol. The molecule has 0 heterocycles. The first-order chi connectivity index (χ1) is 14.8. The minimum Gasteiger partial charge on any atom is -0.493 e. The van der Waals surface area contributed by atoms with Crippen LogP contribution in [-0.4, -0.2) is 23.9 Å². The maximum absolute atomic E-state index is 6.28. The third kappa shape index (κ3) is 4.50. The molecule has 0 bridgehead atoms. The Morgan fingerprint density at radius 2 is 0.967 bits per heavy atom. The van der Waals surface area contributed by atoms with Crippen molar-refractivity contribution in [1.82, 2.24) is 0 Å². The van der Waals surface area contributed by atoms with E-state index in [-0.39, 0.29) is 0 Å². The van der Waals surface area contributed by atoms with Crippen LogP contribution >= 0.6 is 31.9 Å². The Bertz CT molecular complexity index is 1050. The van der Waals surface area contributed by atoms with Crippen molar-refractivity contribution >= 4 is 53.4 Å². The van der Waals surface area contributed by atoms with E-state index in [0.717, 1.165) is 46.1 Å². The predicted octanol–water partition coefficient (Wildman–Crippen LogP) is 7.99. The smallest absolute Gasteiger partial charge is 0.127 e. The summed E-state index contributed by atoms with van der Waals surface area (Å²) in [4.78, 5) is 0. The van der Waals surface area contributed by atoms with E-state index in [2.05, 4.69) is 105 Å². The summed E-state index contributed by atoms with van der Waals surface area (Å²) >= 11 is 7.00. The fourth-order valence-electron chi connectivity index (χ4n) is 3.73. The molecule has 0 saturated heterocycles. The number of hydrogen-bond donors (Lipinski definition) is 0. The van der Waals surface area contributed by atoms with E-state index in [4.69, 9.17) is 9.47 Å². The number of alkyl halides is 2. The first-order valence-electron chi connectivity index (χ1n) is 10.2. The summed E-state index contributed by atoms with van der Waals surface area (Å²) in [5.74, 6) is 1.80. The number of benzene rings is 4. The molecule has 4 aromatic carbocycles. The van der Waals surface area contributed by atoms with Crippen molar-refractivity contribution in [1.29, 1.82) is 0 Å². The van der Waals surface area contributed by atoms with E-state index >= 15 is 0 Å². The van der Waals surface area contributed by atoms with Crippen LogP contribution in [0, 0.1) is 0 Å². The van der Waals surface area contributed by atoms with Gasteiger partial charge in [-0.15, -0.1) is 0 Å². The van der Waals surface area contributed by atoms with Crippen LogP contribution in [0.2, 0.25) is 0 Å². The molecule has 0 amide bonds. The van der Waals surface area contributed by atoms with Gasteiger partial charge in [0.15, 0.2) is 0 Å². The van der Waals surface area contributed by atoms with Crippen LogP contribution in [0.25, 0.3) is 32.7 Å². The second kappa shape index (κ2) is 10.3. The van der Waals surface area contributed by atoms with Gasteiger partial charge in [0.05, 0.1) is 13.2 Å². The van der Waals surface area contributed by atoms with Crippen LogP contribution in [0.5, 0.6) is 11.5 Å². The Morgan fingerprint density at radius 3 is 1.40 bits per heavy atom. The highest BCUT2D eigenvalue weighted by Crippen LogP contribution is 2.45. The number of fused-ring (bicyclic) bond motifs is 2. The highest BCUT2D eigenvalue weighted by atomic mass is 79.9. The van der Waals surface area contributed by atoms with Gasteiger partial charge in [-0.3, -0.25) is 0 Å². The van der Waals surface area contributed by atoms with E-state index in [1.165, 1.54) is 21.5 Å². The van der Waals surface area contributed by atoms with Crippen LogP contribution in [0.3, 0.4) is 0 Å². The zero-order valence-corrected chi connectivity index (χ0v) is 19.9. The zero-order valence-electron chi connectivity index (χ0n) is 16.7. The second-order valence-electron chi connectivity index (χ2n) is 7.10. The van der Waals surface area contributed by atoms with Gasteiger partial charge in [0.2, 0.25) is 0 Å². The fourth-order valence-corrected chi connectivity index (χ4v) is 4.19. The van der Waals surface area contributed by atoms with Gasteiger partial charge in [-0.25, -0.2) is 0 Å². The molecule has 0 aliphatic heterocycles. The number of halogens is 2. The predicted molar refractivity (Wildman–Crippen MR) is 135 cm³/mol. The topological polar surface area (TPSA) is 18.5 Å². The van der Waals surface area contributed by atoms with Gasteiger partial charge in [0.1, 0.15) is 11.5 Å². The highest BCUT2D eigenvalue weighted by Gasteiger charge is 2.19. The Morgan fingerprint density at radius 1 is 0.533 bits per heavy atom. The molecule has 2 nitrogen and oxygen atoms in total. The highest BCUT2D eigenvalue weighted by molar-refractivity contribution is 9.09. The molecular formula is C26H24Br2O2. The molecule has 0 aliphatic carbocycles. The van der Waals surface area contributed by atoms with Gasteiger partial charge in [0, 0.05) is 21.8 Å². The zero-order chi connectivity index (χ0) is 20.8. The molecule has 0 unspecified atom stereocenters. The minimum atomic E-state index is 0.668. The Hall–Kier alpha value is -2.04. The number of ether oxygens (including phenoxy) is 2. The lowest BCUT2D eigenvalue weighted by molar-refractivity contribution is 0.316. The van der Waals surface area contributed by atoms with E-state index in [1.54, 1.807) is 0 Å². The molecule has 0 saturated carbocycles. The second-order valence-corrected chi connectivity index (χ2v) is 8.69. The average molecular weight is 528 g/mol. The third-order valence-electron chi connectivity index (χ3n) is 5.10. The summed E-state index contributed by atoms with van der Waals surface area (Å²) < 4.78 is 12.6. The lowest BCUT2D eigenvalue weighted by atomic mass is 9.92. The summed E-state index contributed by atoms with van der Waals surface area (Å²) in [6.45, 7) is 1.34. The van der Waals surface area contributed by atoms with Gasteiger partial charge in [0.25, 0.3) is 0 Å². The van der Waals surface area contributed by atoms with Crippen molar-refractivity contribution in [2.45, 2.75) is 12.8 Å². The van der Waals surface area contributed by atoms with Gasteiger partial charge >= 0.3 is 0 Å². The largest absolute Gasteiger partial charge is 0.493 e. The molecule has 154 valence electrons. The molecule has 0 aromatic heterocycles. The first-order valence-corrected chi connectivity index (χ1v) is 12.5. The summed E-state index contributed by atoms with van der Waals surface area (Å²) in [6, 6.07) is 25.4. The molecule has 0 fully saturated rings. The normalized spacial score (nSPS) is 11.1. The average Bonchev–Trinajstić information content (AvgIpc) is 2.79. The summed E-state index contributed by atoms with van der Waals surface area (Å²) in [5.41, 5.74) is 2.21. The van der Waals surface area contributed by atoms with Gasteiger partial charge in [-0.1, -0.05) is 92.5 Å². The van der Waals surface area contributed by atoms with Crippen LogP contribution in [0.1, 0.15) is 12.8 Å². The van der Waals surface area contributed by atoms with Crippen molar-refractivity contribution < 1.29 is 9.47 Å². The minimum absolute atomic E-state index is 0.668. The quantitative estimate of drug-likeness (QED) is 0.162. The fraction of sp³-hybridized carbons (Fsp3) is 0.231. The van der Waals surface area contributed by atoms with Crippen molar-refractivity contribution in [2.24, 2.45) is 0 Å². The maximum Gasteiger partial charge on any atom is 0.127 e. The lowest BCUT2D eigenvalue weighted by Gasteiger charge is -2.19. The number of hydrogen-bond acceptors (Lipinski definition) is 2. The SMILES string of the molecule is BrCCCOc1ccc2ccccc2c1-c1c(OCCCBr)ccc2ccccc12. The van der Waals surface area contributed by atoms with E-state index in [0.29, 0.717) is 13.2 Å². The summed E-state index contributed by atoms with van der Waals surface area (Å²) in [7, 11) is 0. The molecule has 30 heavy (non-hydrogen) atoms. The van der Waals surface area contributed by atoms with E-state index < -0.39 is 0 Å². The Balaban J connectivity index is 1.97. The van der Waals surface area contributed by atoms with Gasteiger partial charge in [-0.2, -0.15) is 0 Å². The molecule has 0 spiro atoms. The van der Waals surface area contributed by atoms with Gasteiger partial charge < -0.3 is 9.47 Å². The van der Waals surface area contributed by atoms with Crippen LogP contribution in [0.15, 0.2) is 72.8 Å². The molecule has 4 rings (SSSR count). The Labute approximate surface area is 194 Å². The van der Waals surface area contributed by atoms with Crippen molar-refractivity contribution in [3.8, 4) is 22.6 Å². The summed E-state index contributed by atoms with van der Waals surface area (Å²) in [5, 5.41) is 6.58. The molecule has 4 heteroatoms. The summed E-state index contributed by atoms with van der Waals surface area (Å²) in [6.07, 6.45) is 1.91. The molecule has 0 aliphatic rings. The van der Waals surface area contributed by atoms with E-state index in [9.17, 15) is 0 Å². The Kier molecular flexibility index (Phi) is 7.29. The maximum atomic E-state index is 6.28. The first kappa shape index (κ1) is 21.2. The van der Waals surface area contributed by atoms with Gasteiger partial charge in [-0.05, 0) is 46.5 Å². The van der Waals surface area contributed by atoms with Crippen molar-refractivity contribution in [3.05, 3.63) is 72.8 Å². The molecule has 0 radical (unpaired) electrons. The number of rotatable bonds is 9. The molecule has 4 aromatic rings. The van der Waals surface area contributed by atoms with E-state index in [1.807, 2.05) is 0 Å². The van der Waals surface area contributed by atoms with Crippen molar-refractivity contribution in [2.75, 3.05) is 23.9 Å². The molecule has 0 atom stereocenters. The van der Waals surface area contributed by atoms with Crippen molar-refractivity contribution in [3.63, 3.8) is 0 Å².